The molecular weight excluding hydrogens is 358 g/mol. The molecular formula is C20H23N5O3. The molecule has 3 rings (SSSR count). The van der Waals surface area contributed by atoms with Crippen molar-refractivity contribution in [2.45, 2.75) is 19.8 Å². The summed E-state index contributed by atoms with van der Waals surface area (Å²) in [7, 11) is 0. The standard InChI is InChI=1S/C20H23N5O3/c1-15-5-4-6-17(11-15)21-14-20(26)23-22-13-16-7-8-18(19(12-16)25(27)28)24-9-2-3-10-24/h4-8,11-13,21H,2-3,9-10,14H2,1H3,(H,23,26)/b22-13+. The van der Waals surface area contributed by atoms with Crippen LogP contribution in [0.4, 0.5) is 17.1 Å². The summed E-state index contributed by atoms with van der Waals surface area (Å²) in [5, 5.41) is 18.3. The molecule has 28 heavy (non-hydrogen) atoms. The quantitative estimate of drug-likeness (QED) is 0.436. The first kappa shape index (κ1) is 19.3. The maximum absolute atomic E-state index is 11.9. The van der Waals surface area contributed by atoms with E-state index in [1.807, 2.05) is 36.1 Å². The molecule has 1 saturated heterocycles. The van der Waals surface area contributed by atoms with E-state index in [9.17, 15) is 14.9 Å². The predicted octanol–water partition coefficient (Wildman–Crippen LogP) is 3.07. The van der Waals surface area contributed by atoms with Gasteiger partial charge in [0.05, 0.1) is 17.7 Å². The highest BCUT2D eigenvalue weighted by Crippen LogP contribution is 2.31. The number of nitrogens with zero attached hydrogens (tertiary/aromatic N) is 3. The highest BCUT2D eigenvalue weighted by Gasteiger charge is 2.22. The number of hydrazone groups is 1. The fourth-order valence-electron chi connectivity index (χ4n) is 3.15. The fourth-order valence-corrected chi connectivity index (χ4v) is 3.15. The van der Waals surface area contributed by atoms with Gasteiger partial charge in [0.2, 0.25) is 0 Å². The zero-order valence-corrected chi connectivity index (χ0v) is 15.7. The van der Waals surface area contributed by atoms with Crippen molar-refractivity contribution >= 4 is 29.2 Å². The van der Waals surface area contributed by atoms with Crippen LogP contribution < -0.4 is 15.6 Å². The van der Waals surface area contributed by atoms with Crippen molar-refractivity contribution < 1.29 is 9.72 Å². The lowest BCUT2D eigenvalue weighted by Crippen LogP contribution is -2.25. The number of anilines is 2. The summed E-state index contributed by atoms with van der Waals surface area (Å²) < 4.78 is 0. The molecule has 1 amide bonds. The molecule has 1 aliphatic heterocycles. The first-order chi connectivity index (χ1) is 13.5. The van der Waals surface area contributed by atoms with Crippen LogP contribution in [-0.2, 0) is 4.79 Å². The molecule has 0 atom stereocenters. The normalized spacial score (nSPS) is 13.7. The SMILES string of the molecule is Cc1cccc(NCC(=O)N/N=C/c2ccc(N3CCCC3)c([N+](=O)[O-])c2)c1. The summed E-state index contributed by atoms with van der Waals surface area (Å²) in [6, 6.07) is 12.7. The van der Waals surface area contributed by atoms with Gasteiger partial charge in [-0.2, -0.15) is 5.10 Å². The maximum atomic E-state index is 11.9. The summed E-state index contributed by atoms with van der Waals surface area (Å²) in [5.74, 6) is -0.305. The molecule has 146 valence electrons. The van der Waals surface area contributed by atoms with Gasteiger partial charge in [-0.25, -0.2) is 5.43 Å². The van der Waals surface area contributed by atoms with Crippen LogP contribution in [0.1, 0.15) is 24.0 Å². The lowest BCUT2D eigenvalue weighted by Gasteiger charge is -2.17. The Labute approximate surface area is 163 Å². The van der Waals surface area contributed by atoms with Crippen molar-refractivity contribution in [2.24, 2.45) is 5.10 Å². The molecule has 0 bridgehead atoms. The van der Waals surface area contributed by atoms with Gasteiger partial charge in [0.1, 0.15) is 5.69 Å². The number of nitrogens with one attached hydrogen (secondary N) is 2. The third-order valence-electron chi connectivity index (χ3n) is 4.52. The van der Waals surface area contributed by atoms with Crippen LogP contribution in [0, 0.1) is 17.0 Å². The topological polar surface area (TPSA) is 99.9 Å². The molecule has 2 N–H and O–H groups in total. The molecule has 0 radical (unpaired) electrons. The van der Waals surface area contributed by atoms with Crippen LogP contribution in [0.3, 0.4) is 0 Å². The van der Waals surface area contributed by atoms with Gasteiger partial charge < -0.3 is 10.2 Å². The smallest absolute Gasteiger partial charge is 0.293 e. The van der Waals surface area contributed by atoms with E-state index < -0.39 is 0 Å². The van der Waals surface area contributed by atoms with Gasteiger partial charge >= 0.3 is 0 Å². The first-order valence-electron chi connectivity index (χ1n) is 9.19. The van der Waals surface area contributed by atoms with E-state index in [0.29, 0.717) is 11.3 Å². The van der Waals surface area contributed by atoms with Crippen molar-refractivity contribution in [3.8, 4) is 0 Å². The number of aryl methyl sites for hydroxylation is 1. The zero-order chi connectivity index (χ0) is 19.9. The first-order valence-corrected chi connectivity index (χ1v) is 9.19. The van der Waals surface area contributed by atoms with E-state index in [4.69, 9.17) is 0 Å². The Balaban J connectivity index is 1.58. The van der Waals surface area contributed by atoms with Gasteiger partial charge in [0.15, 0.2) is 0 Å². The molecule has 0 saturated carbocycles. The molecule has 0 aromatic heterocycles. The summed E-state index contributed by atoms with van der Waals surface area (Å²) in [6.45, 7) is 3.72. The number of nitro benzene ring substituents is 1. The van der Waals surface area contributed by atoms with Gasteiger partial charge in [-0.15, -0.1) is 0 Å². The lowest BCUT2D eigenvalue weighted by atomic mass is 10.1. The number of benzene rings is 2. The highest BCUT2D eigenvalue weighted by molar-refractivity contribution is 5.86. The number of hydrogen-bond acceptors (Lipinski definition) is 6. The number of nitro groups is 1. The van der Waals surface area contributed by atoms with Gasteiger partial charge in [0.25, 0.3) is 11.6 Å². The van der Waals surface area contributed by atoms with Crippen molar-refractivity contribution in [1.82, 2.24) is 5.43 Å². The maximum Gasteiger partial charge on any atom is 0.293 e. The average molecular weight is 381 g/mol. The van der Waals surface area contributed by atoms with Gasteiger partial charge in [-0.1, -0.05) is 18.2 Å². The summed E-state index contributed by atoms with van der Waals surface area (Å²) in [4.78, 5) is 25.0. The number of rotatable bonds is 7. The summed E-state index contributed by atoms with van der Waals surface area (Å²) >= 11 is 0. The highest BCUT2D eigenvalue weighted by atomic mass is 16.6. The van der Waals surface area contributed by atoms with E-state index in [-0.39, 0.29) is 23.1 Å². The minimum absolute atomic E-state index is 0.0540. The van der Waals surface area contributed by atoms with Crippen molar-refractivity contribution in [3.63, 3.8) is 0 Å². The van der Waals surface area contributed by atoms with Gasteiger partial charge in [-0.05, 0) is 43.5 Å². The second-order valence-electron chi connectivity index (χ2n) is 6.72. The Morgan fingerprint density at radius 3 is 2.75 bits per heavy atom. The Morgan fingerprint density at radius 2 is 2.04 bits per heavy atom. The summed E-state index contributed by atoms with van der Waals surface area (Å²) in [5.41, 5.74) is 5.62. The third kappa shape index (κ3) is 5.06. The molecule has 2 aromatic carbocycles. The number of carbonyl (C=O) groups excluding carboxylic acids is 1. The number of hydrogen-bond donors (Lipinski definition) is 2. The molecule has 8 heteroatoms. The van der Waals surface area contributed by atoms with Crippen molar-refractivity contribution in [3.05, 3.63) is 63.7 Å². The van der Waals surface area contributed by atoms with Crippen LogP contribution >= 0.6 is 0 Å². The number of carbonyl (C=O) groups is 1. The molecule has 1 heterocycles. The second-order valence-corrected chi connectivity index (χ2v) is 6.72. The Bertz CT molecular complexity index is 891. The van der Waals surface area contributed by atoms with E-state index in [0.717, 1.165) is 37.2 Å². The minimum Gasteiger partial charge on any atom is -0.376 e. The molecule has 1 fully saturated rings. The third-order valence-corrected chi connectivity index (χ3v) is 4.52. The predicted molar refractivity (Wildman–Crippen MR) is 110 cm³/mol. The molecule has 0 unspecified atom stereocenters. The Kier molecular flexibility index (Phi) is 6.21. The van der Waals surface area contributed by atoms with Crippen molar-refractivity contribution in [2.75, 3.05) is 29.9 Å². The summed E-state index contributed by atoms with van der Waals surface area (Å²) in [6.07, 6.45) is 3.50. The van der Waals surface area contributed by atoms with E-state index >= 15 is 0 Å². The van der Waals surface area contributed by atoms with Crippen LogP contribution in [0.25, 0.3) is 0 Å². The average Bonchev–Trinajstić information content (AvgIpc) is 3.21. The molecule has 2 aromatic rings. The van der Waals surface area contributed by atoms with Crippen molar-refractivity contribution in [1.29, 1.82) is 0 Å². The molecule has 0 aliphatic carbocycles. The largest absolute Gasteiger partial charge is 0.376 e. The number of amides is 1. The zero-order valence-electron chi connectivity index (χ0n) is 15.7. The van der Waals surface area contributed by atoms with Crippen LogP contribution in [-0.4, -0.2) is 36.7 Å². The van der Waals surface area contributed by atoms with Gasteiger partial charge in [-0.3, -0.25) is 14.9 Å². The molecule has 1 aliphatic rings. The van der Waals surface area contributed by atoms with Crippen LogP contribution in [0.2, 0.25) is 0 Å². The van der Waals surface area contributed by atoms with E-state index in [1.165, 1.54) is 12.3 Å². The molecule has 8 nitrogen and oxygen atoms in total. The second kappa shape index (κ2) is 8.98. The monoisotopic (exact) mass is 381 g/mol. The Morgan fingerprint density at radius 1 is 1.25 bits per heavy atom. The van der Waals surface area contributed by atoms with E-state index in [1.54, 1.807) is 12.1 Å². The fraction of sp³-hybridized carbons (Fsp3) is 0.300. The van der Waals surface area contributed by atoms with E-state index in [2.05, 4.69) is 15.8 Å². The van der Waals surface area contributed by atoms with Crippen LogP contribution in [0.15, 0.2) is 47.6 Å². The Hall–Kier alpha value is -3.42. The lowest BCUT2D eigenvalue weighted by molar-refractivity contribution is -0.384. The molecule has 0 spiro atoms. The van der Waals surface area contributed by atoms with Gasteiger partial charge in [0, 0.05) is 30.4 Å². The minimum atomic E-state index is -0.380. The van der Waals surface area contributed by atoms with Crippen LogP contribution in [0.5, 0.6) is 0 Å².